The molecule has 7 heteroatoms. The van der Waals surface area contributed by atoms with Crippen LogP contribution in [0.5, 0.6) is 0 Å². The minimum absolute atomic E-state index is 0.00218. The van der Waals surface area contributed by atoms with Gasteiger partial charge in [-0.3, -0.25) is 10.3 Å². The molecule has 2 rings (SSSR count). The molecule has 1 heterocycles. The van der Waals surface area contributed by atoms with Gasteiger partial charge in [0.15, 0.2) is 0 Å². The quantitative estimate of drug-likeness (QED) is 0.744. The van der Waals surface area contributed by atoms with Crippen LogP contribution in [0.25, 0.3) is 0 Å². The summed E-state index contributed by atoms with van der Waals surface area (Å²) >= 11 is 5.86. The Kier molecular flexibility index (Phi) is 6.12. The molecule has 0 saturated heterocycles. The molecule has 0 aliphatic carbocycles. The van der Waals surface area contributed by atoms with Gasteiger partial charge in [0.1, 0.15) is 17.5 Å². The van der Waals surface area contributed by atoms with E-state index >= 15 is 0 Å². The van der Waals surface area contributed by atoms with Gasteiger partial charge in [0.05, 0.1) is 22.6 Å². The molecule has 0 bridgehead atoms. The number of aliphatic hydroxyl groups excluding tert-OH is 1. The lowest BCUT2D eigenvalue weighted by atomic mass is 9.78. The molecule has 0 fully saturated rings. The minimum atomic E-state index is -0.963. The summed E-state index contributed by atoms with van der Waals surface area (Å²) in [6, 6.07) is 7.60. The van der Waals surface area contributed by atoms with Crippen LogP contribution in [0, 0.1) is 5.82 Å². The molecule has 2 aromatic rings. The normalized spacial score (nSPS) is 13.2. The van der Waals surface area contributed by atoms with E-state index in [0.717, 1.165) is 0 Å². The third-order valence-electron chi connectivity index (χ3n) is 4.06. The molecule has 146 valence electrons. The van der Waals surface area contributed by atoms with Crippen molar-refractivity contribution in [2.45, 2.75) is 51.7 Å². The first-order chi connectivity index (χ1) is 12.4. The largest absolute Gasteiger partial charge is 0.444 e. The lowest BCUT2D eigenvalue weighted by Gasteiger charge is -2.31. The summed E-state index contributed by atoms with van der Waals surface area (Å²) in [6.07, 6.45) is -0.107. The maximum absolute atomic E-state index is 13.4. The number of benzene rings is 1. The summed E-state index contributed by atoms with van der Waals surface area (Å²) in [7, 11) is 0. The smallest absolute Gasteiger partial charge is 0.412 e. The molecule has 1 aromatic carbocycles. The highest BCUT2D eigenvalue weighted by atomic mass is 35.5. The molecule has 0 saturated carbocycles. The van der Waals surface area contributed by atoms with Crippen molar-refractivity contribution in [3.8, 4) is 0 Å². The van der Waals surface area contributed by atoms with Crippen molar-refractivity contribution < 1.29 is 19.0 Å². The number of amides is 1. The van der Waals surface area contributed by atoms with Crippen LogP contribution in [0.2, 0.25) is 5.02 Å². The molecule has 1 aromatic heterocycles. The number of nitrogens with one attached hydrogen (secondary N) is 1. The highest BCUT2D eigenvalue weighted by molar-refractivity contribution is 6.30. The zero-order valence-electron chi connectivity index (χ0n) is 16.0. The first-order valence-corrected chi connectivity index (χ1v) is 8.87. The molecule has 1 unspecified atom stereocenters. The Balaban J connectivity index is 2.15. The van der Waals surface area contributed by atoms with Crippen LogP contribution in [-0.4, -0.2) is 21.8 Å². The van der Waals surface area contributed by atoms with Gasteiger partial charge in [-0.25, -0.2) is 9.18 Å². The number of ether oxygens (including phenoxy) is 1. The third-order valence-corrected chi connectivity index (χ3v) is 4.35. The predicted octanol–water partition coefficient (Wildman–Crippen LogP) is 5.23. The fourth-order valence-corrected chi connectivity index (χ4v) is 2.67. The Hall–Kier alpha value is -2.18. The second-order valence-corrected chi connectivity index (χ2v) is 8.26. The van der Waals surface area contributed by atoms with Crippen LogP contribution in [0.4, 0.5) is 14.9 Å². The highest BCUT2D eigenvalue weighted by Gasteiger charge is 2.32. The molecule has 27 heavy (non-hydrogen) atoms. The Morgan fingerprint density at radius 3 is 2.41 bits per heavy atom. The number of aliphatic hydroxyl groups is 1. The summed E-state index contributed by atoms with van der Waals surface area (Å²) in [5.74, 6) is -0.513. The SMILES string of the molecule is CC(C)(C)OC(=O)Nc1ccc(C(O)C(C)(C)c2ccc(F)c(Cl)c2)nc1. The maximum atomic E-state index is 13.4. The number of rotatable bonds is 4. The van der Waals surface area contributed by atoms with Crippen LogP contribution in [0.3, 0.4) is 0 Å². The van der Waals surface area contributed by atoms with Gasteiger partial charge in [-0.05, 0) is 50.6 Å². The lowest BCUT2D eigenvalue weighted by molar-refractivity contribution is 0.0636. The molecule has 0 aliphatic rings. The molecular formula is C20H24ClFN2O3. The maximum Gasteiger partial charge on any atom is 0.412 e. The van der Waals surface area contributed by atoms with Crippen LogP contribution < -0.4 is 5.32 Å². The number of pyridine rings is 1. The van der Waals surface area contributed by atoms with Crippen LogP contribution in [0.15, 0.2) is 36.5 Å². The molecule has 1 atom stereocenters. The summed E-state index contributed by atoms with van der Waals surface area (Å²) < 4.78 is 18.6. The van der Waals surface area contributed by atoms with E-state index in [0.29, 0.717) is 16.9 Å². The Morgan fingerprint density at radius 2 is 1.89 bits per heavy atom. The van der Waals surface area contributed by atoms with E-state index in [1.165, 1.54) is 18.3 Å². The number of aromatic nitrogens is 1. The lowest BCUT2D eigenvalue weighted by Crippen LogP contribution is -2.28. The molecule has 0 spiro atoms. The Bertz CT molecular complexity index is 817. The van der Waals surface area contributed by atoms with E-state index in [2.05, 4.69) is 10.3 Å². The standard InChI is InChI=1S/C20H24ClFN2O3/c1-19(2,3)27-18(26)24-13-7-9-16(23-11-13)17(25)20(4,5)12-6-8-15(22)14(21)10-12/h6-11,17,25H,1-5H3,(H,24,26). The molecule has 0 radical (unpaired) electrons. The van der Waals surface area contributed by atoms with Gasteiger partial charge in [-0.15, -0.1) is 0 Å². The number of anilines is 1. The number of hydrogen-bond donors (Lipinski definition) is 2. The summed E-state index contributed by atoms with van der Waals surface area (Å²) in [6.45, 7) is 8.95. The Morgan fingerprint density at radius 1 is 1.22 bits per heavy atom. The number of halogens is 2. The first-order valence-electron chi connectivity index (χ1n) is 8.50. The number of carbonyl (C=O) groups excluding carboxylic acids is 1. The zero-order valence-corrected chi connectivity index (χ0v) is 16.8. The van der Waals surface area contributed by atoms with Crippen molar-refractivity contribution >= 4 is 23.4 Å². The topological polar surface area (TPSA) is 71.5 Å². The molecule has 2 N–H and O–H groups in total. The predicted molar refractivity (Wildman–Crippen MR) is 103 cm³/mol. The van der Waals surface area contributed by atoms with Gasteiger partial charge >= 0.3 is 6.09 Å². The molecule has 1 amide bonds. The molecular weight excluding hydrogens is 371 g/mol. The number of hydrogen-bond acceptors (Lipinski definition) is 4. The number of carbonyl (C=O) groups is 1. The average molecular weight is 395 g/mol. The van der Waals surface area contributed by atoms with Crippen molar-refractivity contribution in [2.24, 2.45) is 0 Å². The fourth-order valence-electron chi connectivity index (χ4n) is 2.49. The monoisotopic (exact) mass is 394 g/mol. The summed E-state index contributed by atoms with van der Waals surface area (Å²) in [4.78, 5) is 16.0. The van der Waals surface area contributed by atoms with Crippen molar-refractivity contribution in [3.63, 3.8) is 0 Å². The van der Waals surface area contributed by atoms with Gasteiger partial charge in [-0.1, -0.05) is 31.5 Å². The number of nitrogens with zero attached hydrogens (tertiary/aromatic N) is 1. The fraction of sp³-hybridized carbons (Fsp3) is 0.400. The van der Waals surface area contributed by atoms with Gasteiger partial charge in [0.25, 0.3) is 0 Å². The zero-order chi connectivity index (χ0) is 20.4. The minimum Gasteiger partial charge on any atom is -0.444 e. The van der Waals surface area contributed by atoms with Crippen molar-refractivity contribution in [2.75, 3.05) is 5.32 Å². The second kappa shape index (κ2) is 7.82. The van der Waals surface area contributed by atoms with Gasteiger partial charge in [-0.2, -0.15) is 0 Å². The molecule has 0 aliphatic heterocycles. The van der Waals surface area contributed by atoms with Gasteiger partial charge in [0, 0.05) is 5.41 Å². The van der Waals surface area contributed by atoms with E-state index in [9.17, 15) is 14.3 Å². The van der Waals surface area contributed by atoms with E-state index in [1.54, 1.807) is 39.0 Å². The Labute approximate surface area is 163 Å². The van der Waals surface area contributed by atoms with Crippen molar-refractivity contribution in [1.29, 1.82) is 0 Å². The van der Waals surface area contributed by atoms with E-state index in [4.69, 9.17) is 16.3 Å². The van der Waals surface area contributed by atoms with E-state index in [-0.39, 0.29) is 5.02 Å². The van der Waals surface area contributed by atoms with Crippen LogP contribution in [0.1, 0.15) is 52.0 Å². The highest BCUT2D eigenvalue weighted by Crippen LogP contribution is 2.37. The van der Waals surface area contributed by atoms with Crippen molar-refractivity contribution in [1.82, 2.24) is 4.98 Å². The summed E-state index contributed by atoms with van der Waals surface area (Å²) in [5.41, 5.74) is 0.177. The van der Waals surface area contributed by atoms with Gasteiger partial charge < -0.3 is 9.84 Å². The van der Waals surface area contributed by atoms with Crippen LogP contribution >= 0.6 is 11.6 Å². The third kappa shape index (κ3) is 5.40. The second-order valence-electron chi connectivity index (χ2n) is 7.85. The van der Waals surface area contributed by atoms with Gasteiger partial charge in [0.2, 0.25) is 0 Å². The molecule has 5 nitrogen and oxygen atoms in total. The van der Waals surface area contributed by atoms with E-state index < -0.39 is 29.0 Å². The first kappa shape index (κ1) is 21.1. The van der Waals surface area contributed by atoms with E-state index in [1.807, 2.05) is 13.8 Å². The van der Waals surface area contributed by atoms with Crippen molar-refractivity contribution in [3.05, 3.63) is 58.6 Å². The van der Waals surface area contributed by atoms with Crippen LogP contribution in [-0.2, 0) is 10.2 Å². The summed E-state index contributed by atoms with van der Waals surface area (Å²) in [5, 5.41) is 13.4. The average Bonchev–Trinajstić information content (AvgIpc) is 2.55.